The topological polar surface area (TPSA) is 106 Å². The monoisotopic (exact) mass is 621 g/mol. The van der Waals surface area contributed by atoms with Crippen molar-refractivity contribution in [1.29, 1.82) is 5.26 Å². The zero-order chi connectivity index (χ0) is 32.9. The molecule has 5 rings (SSSR count). The van der Waals surface area contributed by atoms with Crippen molar-refractivity contribution < 1.29 is 18.7 Å². The van der Waals surface area contributed by atoms with Gasteiger partial charge in [-0.15, -0.1) is 0 Å². The summed E-state index contributed by atoms with van der Waals surface area (Å²) < 4.78 is 19.5. The molecule has 2 aromatic rings. The Bertz CT molecular complexity index is 1350. The highest BCUT2D eigenvalue weighted by molar-refractivity contribution is 5.97. The van der Waals surface area contributed by atoms with E-state index in [0.29, 0.717) is 70.2 Å². The van der Waals surface area contributed by atoms with Gasteiger partial charge in [-0.05, 0) is 76.5 Å². The van der Waals surface area contributed by atoms with Gasteiger partial charge in [-0.3, -0.25) is 9.59 Å². The van der Waals surface area contributed by atoms with Crippen LogP contribution in [-0.2, 0) is 28.9 Å². The summed E-state index contributed by atoms with van der Waals surface area (Å²) in [5.41, 5.74) is 3.34. The number of hydrogen-bond donors (Lipinski definition) is 0. The number of amides is 2. The maximum atomic E-state index is 13.8. The number of carbonyl (C=O) groups is 2. The molecule has 1 aromatic carbocycles. The number of hydrogen-bond acceptors (Lipinski definition) is 8. The van der Waals surface area contributed by atoms with E-state index in [4.69, 9.17) is 20.0 Å². The van der Waals surface area contributed by atoms with Gasteiger partial charge in [0, 0.05) is 63.2 Å². The van der Waals surface area contributed by atoms with Gasteiger partial charge in [-0.2, -0.15) is 15.2 Å². The van der Waals surface area contributed by atoms with Crippen LogP contribution in [0.15, 0.2) is 30.9 Å². The Morgan fingerprint density at radius 3 is 2.31 bits per heavy atom. The van der Waals surface area contributed by atoms with Crippen molar-refractivity contribution in [3.8, 4) is 12.1 Å². The molecule has 0 aliphatic carbocycles. The molecule has 11 heteroatoms. The molecule has 244 valence electrons. The van der Waals surface area contributed by atoms with Crippen LogP contribution in [-0.4, -0.2) is 91.6 Å². The second-order valence-electron chi connectivity index (χ2n) is 11.4. The van der Waals surface area contributed by atoms with Crippen molar-refractivity contribution in [3.63, 3.8) is 0 Å². The predicted molar refractivity (Wildman–Crippen MR) is 175 cm³/mol. The Morgan fingerprint density at radius 2 is 1.78 bits per heavy atom. The summed E-state index contributed by atoms with van der Waals surface area (Å²) in [5.74, 6) is -0.00115. The standard InChI is InChI=1S/C26H32FN5O3.C5H11N.C3H5N/c1-5-20-21(15-18-14-17-8-9-19(27)16-22(17)30(4)25(18)34)28-26(35-7-3)29-24(20)32-12-10-31(11-13-32)23(33)6-2;1-6-4-2-3-5-6;1-2-3-4/h6,8-9,16,18H,2,5,7,10-15H2,1,3-4H3;2-5H2,1H3;2H2,1H3/t18-;;/m0../s1. The molecule has 45 heavy (non-hydrogen) atoms. The van der Waals surface area contributed by atoms with Crippen LogP contribution in [0.25, 0.3) is 0 Å². The SMILES string of the molecule is C=CC(=O)N1CCN(c2nc(OCC)nc(C[C@@H]3Cc4ccc(F)cc4N(C)C3=O)c2CC)CC1.CCC#N.CN1CCCC1. The predicted octanol–water partition coefficient (Wildman–Crippen LogP) is 4.42. The first-order valence-electron chi connectivity index (χ1n) is 16.0. The zero-order valence-electron chi connectivity index (χ0n) is 27.5. The number of carbonyl (C=O) groups excluding carboxylic acids is 2. The molecule has 10 nitrogen and oxygen atoms in total. The fourth-order valence-electron chi connectivity index (χ4n) is 5.78. The van der Waals surface area contributed by atoms with Crippen LogP contribution in [0.3, 0.4) is 0 Å². The summed E-state index contributed by atoms with van der Waals surface area (Å²) >= 11 is 0. The molecule has 2 amide bonds. The molecule has 1 aromatic heterocycles. The summed E-state index contributed by atoms with van der Waals surface area (Å²) in [6.07, 6.45) is 6.45. The maximum absolute atomic E-state index is 13.8. The number of halogens is 1. The van der Waals surface area contributed by atoms with Crippen LogP contribution < -0.4 is 14.5 Å². The van der Waals surface area contributed by atoms with Crippen LogP contribution in [0.5, 0.6) is 6.01 Å². The number of ether oxygens (including phenoxy) is 1. The van der Waals surface area contributed by atoms with Crippen LogP contribution in [0.2, 0.25) is 0 Å². The Labute approximate surface area is 267 Å². The van der Waals surface area contributed by atoms with Crippen molar-refractivity contribution in [1.82, 2.24) is 19.8 Å². The van der Waals surface area contributed by atoms with E-state index in [9.17, 15) is 14.0 Å². The summed E-state index contributed by atoms with van der Waals surface area (Å²) in [7, 11) is 3.86. The number of aromatic nitrogens is 2. The Hall–Kier alpha value is -4.04. The quantitative estimate of drug-likeness (QED) is 0.419. The maximum Gasteiger partial charge on any atom is 0.318 e. The van der Waals surface area contributed by atoms with E-state index < -0.39 is 0 Å². The largest absolute Gasteiger partial charge is 0.464 e. The second kappa shape index (κ2) is 17.4. The molecule has 0 radical (unpaired) electrons. The third-order valence-corrected chi connectivity index (χ3v) is 8.23. The van der Waals surface area contributed by atoms with Crippen LogP contribution in [0.4, 0.5) is 15.9 Å². The van der Waals surface area contributed by atoms with Gasteiger partial charge in [0.05, 0.1) is 18.4 Å². The molecule has 0 unspecified atom stereocenters. The number of piperazine rings is 1. The van der Waals surface area contributed by atoms with Gasteiger partial charge < -0.3 is 24.3 Å². The smallest absolute Gasteiger partial charge is 0.318 e. The van der Waals surface area contributed by atoms with E-state index in [1.165, 1.54) is 44.1 Å². The normalized spacial score (nSPS) is 17.8. The first kappa shape index (κ1) is 35.4. The molecule has 3 aliphatic rings. The molecule has 2 saturated heterocycles. The number of likely N-dealkylation sites (tertiary alicyclic amines) is 1. The lowest BCUT2D eigenvalue weighted by molar-refractivity contribution is -0.126. The fraction of sp³-hybridized carbons (Fsp3) is 0.559. The van der Waals surface area contributed by atoms with Crippen molar-refractivity contribution in [2.75, 3.05) is 69.8 Å². The van der Waals surface area contributed by atoms with Crippen LogP contribution in [0.1, 0.15) is 56.9 Å². The molecule has 0 bridgehead atoms. The number of nitrogens with zero attached hydrogens (tertiary/aromatic N) is 7. The summed E-state index contributed by atoms with van der Waals surface area (Å²) in [6.45, 7) is 14.8. The van der Waals surface area contributed by atoms with Gasteiger partial charge in [-0.1, -0.05) is 26.5 Å². The van der Waals surface area contributed by atoms with E-state index in [2.05, 4.69) is 30.4 Å². The minimum Gasteiger partial charge on any atom is -0.464 e. The highest BCUT2D eigenvalue weighted by Gasteiger charge is 2.33. The van der Waals surface area contributed by atoms with Gasteiger partial charge in [0.15, 0.2) is 0 Å². The molecule has 0 N–H and O–H groups in total. The Morgan fingerprint density at radius 1 is 1.11 bits per heavy atom. The minimum atomic E-state index is -0.355. The number of fused-ring (bicyclic) bond motifs is 1. The van der Waals surface area contributed by atoms with Gasteiger partial charge in [0.25, 0.3) is 0 Å². The third kappa shape index (κ3) is 9.47. The van der Waals surface area contributed by atoms with Crippen LogP contribution in [0, 0.1) is 23.1 Å². The molecule has 0 spiro atoms. The van der Waals surface area contributed by atoms with E-state index in [1.807, 2.05) is 19.9 Å². The number of benzene rings is 1. The Kier molecular flexibility index (Phi) is 13.7. The minimum absolute atomic E-state index is 0.0557. The van der Waals surface area contributed by atoms with E-state index in [0.717, 1.165) is 22.6 Å². The third-order valence-electron chi connectivity index (χ3n) is 8.23. The first-order chi connectivity index (χ1) is 21.7. The number of nitriles is 1. The fourth-order valence-corrected chi connectivity index (χ4v) is 5.78. The molecule has 1 atom stereocenters. The molecule has 3 aliphatic heterocycles. The summed E-state index contributed by atoms with van der Waals surface area (Å²) in [6, 6.07) is 6.82. The second-order valence-corrected chi connectivity index (χ2v) is 11.4. The van der Waals surface area contributed by atoms with Gasteiger partial charge >= 0.3 is 6.01 Å². The van der Waals surface area contributed by atoms with E-state index in [-0.39, 0.29) is 23.5 Å². The highest BCUT2D eigenvalue weighted by Crippen LogP contribution is 2.34. The van der Waals surface area contributed by atoms with Crippen molar-refractivity contribution in [3.05, 3.63) is 53.5 Å². The van der Waals surface area contributed by atoms with Gasteiger partial charge in [0.2, 0.25) is 11.8 Å². The van der Waals surface area contributed by atoms with Crippen molar-refractivity contribution in [2.24, 2.45) is 5.92 Å². The van der Waals surface area contributed by atoms with Crippen molar-refractivity contribution in [2.45, 2.75) is 59.3 Å². The van der Waals surface area contributed by atoms with Crippen LogP contribution >= 0.6 is 0 Å². The van der Waals surface area contributed by atoms with E-state index >= 15 is 0 Å². The van der Waals surface area contributed by atoms with E-state index in [1.54, 1.807) is 22.9 Å². The number of rotatable bonds is 7. The highest BCUT2D eigenvalue weighted by atomic mass is 19.1. The molecular weight excluding hydrogens is 573 g/mol. The zero-order valence-corrected chi connectivity index (χ0v) is 27.5. The summed E-state index contributed by atoms with van der Waals surface area (Å²) in [5, 5.41) is 7.62. The first-order valence-corrected chi connectivity index (χ1v) is 16.0. The van der Waals surface area contributed by atoms with Gasteiger partial charge in [0.1, 0.15) is 11.6 Å². The summed E-state index contributed by atoms with van der Waals surface area (Å²) in [4.78, 5) is 42.4. The lowest BCUT2D eigenvalue weighted by atomic mass is 9.87. The van der Waals surface area contributed by atoms with Crippen molar-refractivity contribution >= 4 is 23.3 Å². The number of anilines is 2. The lowest BCUT2D eigenvalue weighted by Gasteiger charge is -2.36. The average Bonchev–Trinajstić information content (AvgIpc) is 3.54. The molecule has 0 saturated carbocycles. The lowest BCUT2D eigenvalue weighted by Crippen LogP contribution is -2.49. The molecular formula is C34H48FN7O3. The molecule has 4 heterocycles. The molecule has 2 fully saturated rings. The van der Waals surface area contributed by atoms with Gasteiger partial charge in [-0.25, -0.2) is 4.39 Å². The average molecular weight is 622 g/mol. The Balaban J connectivity index is 0.000000473.